The molecule has 5 rings (SSSR count). The van der Waals surface area contributed by atoms with Crippen molar-refractivity contribution < 1.29 is 171 Å². The molecule has 1 atom stereocenters. The minimum atomic E-state index is -5.19. The number of benzene rings is 5. The Morgan fingerprint density at radius 3 is 1.73 bits per heavy atom. The number of hydrogen-bond acceptors (Lipinski definition) is 16. The number of nitrogen functional groups attached to an aromatic ring is 1. The molecule has 244 valence electrons. The van der Waals surface area contributed by atoms with Crippen LogP contribution in [-0.4, -0.2) is 47.7 Å². The van der Waals surface area contributed by atoms with Crippen molar-refractivity contribution in [2.75, 3.05) is 5.73 Å². The first-order chi connectivity index (χ1) is 21.8. The molecule has 0 heterocycles. The molecule has 25 heteroatoms. The molecule has 0 amide bonds. The molecular weight excluding hydrogens is 795 g/mol. The van der Waals surface area contributed by atoms with E-state index in [2.05, 4.69) is 20.5 Å². The number of anilines is 1. The molecule has 0 saturated carbocycles. The fraction of sp³-hybridized carbons (Fsp3) is 0. The Kier molecular flexibility index (Phi) is 17.7. The van der Waals surface area contributed by atoms with E-state index < -0.39 is 73.2 Å². The van der Waals surface area contributed by atoms with Crippen molar-refractivity contribution in [1.29, 1.82) is 0 Å². The number of nitrogens with zero attached hydrogens (tertiary/aromatic N) is 4. The van der Waals surface area contributed by atoms with Gasteiger partial charge in [0.05, 0.1) is 32.5 Å². The molecule has 0 aliphatic carbocycles. The van der Waals surface area contributed by atoms with E-state index in [0.29, 0.717) is 12.1 Å². The largest absolute Gasteiger partial charge is 1.00 e. The number of azo groups is 2. The standard InChI is InChI=1S/C26H19N5O12S4.4Na/c27-20-12-18-13(9-23(20)46(38,39)40)10-24(47(41,42)43)25(26(18)32)31-30-22-8-7-21(17-6-3-15(44(33)34)11-19(17)22)29-28-14-1-4-16(5-2-14)45(35,36)37;;;;/h1-12,32H,27H2,(H,33,34)(H,35,36,37)(H,38,39,40)(H,41,42,43);;;;/q;4*+1/p-4. The fourth-order valence-corrected chi connectivity index (χ4v) is 6.49. The maximum absolute atomic E-state index is 13.3. The Morgan fingerprint density at radius 2 is 1.20 bits per heavy atom. The second kappa shape index (κ2) is 18.7. The summed E-state index contributed by atoms with van der Waals surface area (Å²) in [4.78, 5) is -2.69. The summed E-state index contributed by atoms with van der Waals surface area (Å²) in [6.07, 6.45) is 0. The van der Waals surface area contributed by atoms with Crippen LogP contribution in [0.25, 0.3) is 21.5 Å². The zero-order chi connectivity index (χ0) is 34.5. The zero-order valence-corrected chi connectivity index (χ0v) is 38.1. The van der Waals surface area contributed by atoms with Crippen molar-refractivity contribution in [1.82, 2.24) is 0 Å². The van der Waals surface area contributed by atoms with Crippen LogP contribution in [0.15, 0.2) is 113 Å². The molecule has 0 aromatic heterocycles. The van der Waals surface area contributed by atoms with Gasteiger partial charge >= 0.3 is 118 Å². The second-order valence-corrected chi connectivity index (χ2v) is 14.5. The zero-order valence-electron chi connectivity index (χ0n) is 26.9. The average molecular weight is 810 g/mol. The molecule has 0 aliphatic rings. The van der Waals surface area contributed by atoms with Gasteiger partial charge in [0.2, 0.25) is 0 Å². The summed E-state index contributed by atoms with van der Waals surface area (Å²) in [6.45, 7) is 0. The minimum absolute atomic E-state index is 0. The Labute approximate surface area is 381 Å². The molecule has 17 nitrogen and oxygen atoms in total. The van der Waals surface area contributed by atoms with Crippen molar-refractivity contribution in [3.05, 3.63) is 72.8 Å². The van der Waals surface area contributed by atoms with Crippen molar-refractivity contribution in [2.45, 2.75) is 19.6 Å². The summed E-state index contributed by atoms with van der Waals surface area (Å²) >= 11 is -2.72. The molecule has 5 aromatic carbocycles. The topological polar surface area (TPSA) is 307 Å². The van der Waals surface area contributed by atoms with Crippen LogP contribution in [0.1, 0.15) is 0 Å². The molecule has 0 bridgehead atoms. The Hall–Kier alpha value is -0.740. The van der Waals surface area contributed by atoms with E-state index in [4.69, 9.17) is 5.73 Å². The fourth-order valence-electron chi connectivity index (χ4n) is 4.35. The first kappa shape index (κ1) is 48.3. The third-order valence-corrected chi connectivity index (χ3v) is 9.75. The summed E-state index contributed by atoms with van der Waals surface area (Å²) in [5.74, 6) is -1.16. The van der Waals surface area contributed by atoms with Crippen LogP contribution in [0.3, 0.4) is 0 Å². The molecule has 1 unspecified atom stereocenters. The summed E-state index contributed by atoms with van der Waals surface area (Å²) in [5, 5.41) is 28.7. The van der Waals surface area contributed by atoms with Crippen molar-refractivity contribution in [2.24, 2.45) is 20.5 Å². The van der Waals surface area contributed by atoms with Crippen molar-refractivity contribution in [3.63, 3.8) is 0 Å². The Morgan fingerprint density at radius 1 is 0.647 bits per heavy atom. The predicted octanol–water partition coefficient (Wildman–Crippen LogP) is -8.21. The molecule has 0 spiro atoms. The van der Waals surface area contributed by atoms with Crippen LogP contribution >= 0.6 is 0 Å². The monoisotopic (exact) mass is 809 g/mol. The summed E-state index contributed by atoms with van der Waals surface area (Å²) < 4.78 is 126. The number of hydrogen-bond donors (Lipinski definition) is 2. The first-order valence-electron chi connectivity index (χ1n) is 12.4. The second-order valence-electron chi connectivity index (χ2n) is 9.49. The predicted molar refractivity (Wildman–Crippen MR) is 159 cm³/mol. The van der Waals surface area contributed by atoms with Crippen molar-refractivity contribution >= 4 is 91.4 Å². The van der Waals surface area contributed by atoms with Crippen LogP contribution in [0, 0.1) is 0 Å². The number of rotatable bonds is 8. The smallest absolute Gasteiger partial charge is 0.871 e. The van der Waals surface area contributed by atoms with Crippen LogP contribution in [-0.2, 0) is 41.4 Å². The van der Waals surface area contributed by atoms with E-state index in [1.807, 2.05) is 0 Å². The summed E-state index contributed by atoms with van der Waals surface area (Å²) in [7, 11) is -15.0. The van der Waals surface area contributed by atoms with E-state index in [9.17, 15) is 52.8 Å². The number of nitrogens with two attached hydrogens (primary N) is 1. The molecule has 51 heavy (non-hydrogen) atoms. The third-order valence-electron chi connectivity index (χ3n) is 6.50. The average Bonchev–Trinajstić information content (AvgIpc) is 2.98. The van der Waals surface area contributed by atoms with Gasteiger partial charge in [-0.1, -0.05) is 11.8 Å². The molecule has 0 radical (unpaired) electrons. The van der Waals surface area contributed by atoms with Crippen LogP contribution in [0.4, 0.5) is 28.4 Å². The van der Waals surface area contributed by atoms with E-state index in [1.165, 1.54) is 42.5 Å². The van der Waals surface area contributed by atoms with Gasteiger partial charge in [-0.05, 0) is 88.6 Å². The molecule has 5 aromatic rings. The maximum atomic E-state index is 13.3. The van der Waals surface area contributed by atoms with Gasteiger partial charge in [-0.3, -0.25) is 8.76 Å². The van der Waals surface area contributed by atoms with Gasteiger partial charge in [-0.25, -0.2) is 16.8 Å². The van der Waals surface area contributed by atoms with Crippen LogP contribution in [0.5, 0.6) is 5.75 Å². The van der Waals surface area contributed by atoms with Crippen LogP contribution < -0.4 is 129 Å². The van der Waals surface area contributed by atoms with Gasteiger partial charge in [0.1, 0.15) is 25.1 Å². The van der Waals surface area contributed by atoms with Gasteiger partial charge in [0.15, 0.2) is 0 Å². The van der Waals surface area contributed by atoms with Gasteiger partial charge in [-0.15, -0.1) is 15.3 Å². The van der Waals surface area contributed by atoms with Gasteiger partial charge in [0, 0.05) is 21.4 Å². The van der Waals surface area contributed by atoms with Gasteiger partial charge in [0.25, 0.3) is 10.1 Å². The Bertz CT molecular complexity index is 2560. The molecule has 0 fully saturated rings. The normalized spacial score (nSPS) is 12.5. The van der Waals surface area contributed by atoms with E-state index >= 15 is 0 Å². The quantitative estimate of drug-likeness (QED) is 0.0485. The maximum Gasteiger partial charge on any atom is 1.00 e. The van der Waals surface area contributed by atoms with Gasteiger partial charge < -0.3 is 24.5 Å². The number of fused-ring (bicyclic) bond motifs is 2. The third kappa shape index (κ3) is 11.2. The minimum Gasteiger partial charge on any atom is -0.871 e. The van der Waals surface area contributed by atoms with E-state index in [1.54, 1.807) is 0 Å². The van der Waals surface area contributed by atoms with Crippen LogP contribution in [0.2, 0.25) is 0 Å². The first-order valence-corrected chi connectivity index (χ1v) is 17.7. The SMILES string of the molecule is Nc1cc2c([O-])c(N=Nc3ccc(N=Nc4ccc(S(=O)(=O)[O-])cc4)c4ccc(S(=O)[O-])cc34)c(S(=O)(=O)O)cc2cc1S(=O)(=O)[O-].[Na+].[Na+].[Na+].[Na+]. The van der Waals surface area contributed by atoms with Gasteiger partial charge in [-0.2, -0.15) is 13.5 Å². The summed E-state index contributed by atoms with van der Waals surface area (Å²) in [5.41, 5.74) is 4.32. The molecular formula is C26H15N5Na4O12S4. The molecule has 0 saturated heterocycles. The van der Waals surface area contributed by atoms with E-state index in [0.717, 1.165) is 18.2 Å². The van der Waals surface area contributed by atoms with Crippen molar-refractivity contribution in [3.8, 4) is 5.75 Å². The molecule has 3 N–H and O–H groups in total. The Balaban J connectivity index is 0.00000325. The molecule has 0 aliphatic heterocycles. The summed E-state index contributed by atoms with van der Waals surface area (Å²) in [6, 6.07) is 13.1. The van der Waals surface area contributed by atoms with E-state index in [-0.39, 0.29) is 162 Å².